The van der Waals surface area contributed by atoms with Crippen LogP contribution < -0.4 is 0 Å². The summed E-state index contributed by atoms with van der Waals surface area (Å²) in [7, 11) is -1.07. The predicted octanol–water partition coefficient (Wildman–Crippen LogP) is 4.52. The topological polar surface area (TPSA) is 39.9 Å². The first-order chi connectivity index (χ1) is 9.88. The van der Waals surface area contributed by atoms with Crippen LogP contribution in [0.25, 0.3) is 11.5 Å². The highest BCUT2D eigenvalue weighted by Gasteiger charge is 2.17. The number of nitrogens with zero attached hydrogens (tertiary/aromatic N) is 3. The zero-order valence-electron chi connectivity index (χ0n) is 12.4. The van der Waals surface area contributed by atoms with Gasteiger partial charge in [-0.15, -0.1) is 0 Å². The van der Waals surface area contributed by atoms with Gasteiger partial charge in [-0.3, -0.25) is 9.55 Å². The molecule has 7 heteroatoms. The normalized spacial score (nSPS) is 11.9. The summed E-state index contributed by atoms with van der Waals surface area (Å²) in [5.41, 5.74) is 0.802. The number of rotatable bonds is 6. The molecule has 2 aromatic heterocycles. The molecule has 0 saturated heterocycles. The lowest BCUT2D eigenvalue weighted by Gasteiger charge is -2.16. The van der Waals surface area contributed by atoms with Crippen molar-refractivity contribution in [3.63, 3.8) is 0 Å². The van der Waals surface area contributed by atoms with E-state index >= 15 is 0 Å². The van der Waals surface area contributed by atoms with Crippen LogP contribution in [0.15, 0.2) is 24.4 Å². The third kappa shape index (κ3) is 4.77. The van der Waals surface area contributed by atoms with E-state index in [2.05, 4.69) is 52.2 Å². The Hall–Kier alpha value is -0.443. The molecule has 0 aliphatic rings. The molecule has 0 aliphatic heterocycles. The molecule has 0 aromatic carbocycles. The maximum absolute atomic E-state index is 6.15. The Bertz CT molecular complexity index is 598. The molecular weight excluding hydrogens is 417 g/mol. The average molecular weight is 436 g/mol. The smallest absolute Gasteiger partial charge is 0.163 e. The number of halogens is 2. The first-order valence-corrected chi connectivity index (χ1v) is 12.0. The van der Waals surface area contributed by atoms with Crippen molar-refractivity contribution in [3.05, 3.63) is 33.2 Å². The van der Waals surface area contributed by atoms with Gasteiger partial charge in [0.15, 0.2) is 11.0 Å². The fourth-order valence-corrected chi connectivity index (χ4v) is 3.17. The van der Waals surface area contributed by atoms with E-state index in [9.17, 15) is 0 Å². The lowest BCUT2D eigenvalue weighted by atomic mass is 10.3. The summed E-state index contributed by atoms with van der Waals surface area (Å²) in [6.45, 7) is 8.24. The quantitative estimate of drug-likeness (QED) is 0.381. The molecule has 0 fully saturated rings. The molecule has 0 saturated carbocycles. The van der Waals surface area contributed by atoms with Crippen LogP contribution in [0.4, 0.5) is 0 Å². The highest BCUT2D eigenvalue weighted by Crippen LogP contribution is 2.25. The molecule has 0 aliphatic carbocycles. The van der Waals surface area contributed by atoms with E-state index in [0.29, 0.717) is 11.9 Å². The molecule has 0 amide bonds. The van der Waals surface area contributed by atoms with Gasteiger partial charge in [-0.25, -0.2) is 4.98 Å². The summed E-state index contributed by atoms with van der Waals surface area (Å²) in [5.74, 6) is 0.748. The molecule has 0 spiro atoms. The van der Waals surface area contributed by atoms with Gasteiger partial charge in [0.05, 0.1) is 0 Å². The minimum absolute atomic E-state index is 0.453. The Labute approximate surface area is 145 Å². The van der Waals surface area contributed by atoms with Gasteiger partial charge in [0.2, 0.25) is 0 Å². The first-order valence-electron chi connectivity index (χ1n) is 6.79. The van der Waals surface area contributed by atoms with Crippen molar-refractivity contribution < 1.29 is 4.74 Å². The van der Waals surface area contributed by atoms with Gasteiger partial charge in [-0.05, 0) is 40.8 Å². The van der Waals surface area contributed by atoms with Crippen LogP contribution >= 0.6 is 34.2 Å². The molecule has 0 radical (unpaired) electrons. The second kappa shape index (κ2) is 7.21. The fraction of sp³-hybridized carbons (Fsp3) is 0.429. The minimum atomic E-state index is -1.07. The third-order valence-electron chi connectivity index (χ3n) is 2.98. The molecule has 114 valence electrons. The van der Waals surface area contributed by atoms with E-state index in [1.165, 1.54) is 0 Å². The van der Waals surface area contributed by atoms with E-state index in [1.807, 2.05) is 22.8 Å². The monoisotopic (exact) mass is 435 g/mol. The Morgan fingerprint density at radius 3 is 2.71 bits per heavy atom. The Kier molecular flexibility index (Phi) is 5.81. The van der Waals surface area contributed by atoms with E-state index in [4.69, 9.17) is 16.3 Å². The van der Waals surface area contributed by atoms with Crippen molar-refractivity contribution in [3.8, 4) is 11.5 Å². The maximum atomic E-state index is 6.15. The predicted molar refractivity (Wildman–Crippen MR) is 97.3 cm³/mol. The van der Waals surface area contributed by atoms with Gasteiger partial charge in [0.25, 0.3) is 0 Å². The minimum Gasteiger partial charge on any atom is -0.361 e. The summed E-state index contributed by atoms with van der Waals surface area (Å²) >= 11 is 8.34. The van der Waals surface area contributed by atoms with Crippen molar-refractivity contribution >= 4 is 42.3 Å². The van der Waals surface area contributed by atoms with Crippen LogP contribution in [0.5, 0.6) is 0 Å². The second-order valence-corrected chi connectivity index (χ2v) is 13.0. The van der Waals surface area contributed by atoms with Crippen molar-refractivity contribution in [2.45, 2.75) is 32.4 Å². The average Bonchev–Trinajstić information content (AvgIpc) is 2.71. The Morgan fingerprint density at radius 1 is 1.33 bits per heavy atom. The summed E-state index contributed by atoms with van der Waals surface area (Å²) in [6, 6.07) is 6.89. The molecular formula is C14H19ClIN3OSi. The van der Waals surface area contributed by atoms with Crippen molar-refractivity contribution in [1.82, 2.24) is 14.5 Å². The van der Waals surface area contributed by atoms with Crippen LogP contribution in [-0.4, -0.2) is 29.2 Å². The van der Waals surface area contributed by atoms with Gasteiger partial charge in [0, 0.05) is 20.9 Å². The highest BCUT2D eigenvalue weighted by molar-refractivity contribution is 14.1. The summed E-state index contributed by atoms with van der Waals surface area (Å²) in [6.07, 6.45) is 1.75. The van der Waals surface area contributed by atoms with Gasteiger partial charge in [-0.2, -0.15) is 0 Å². The second-order valence-electron chi connectivity index (χ2n) is 6.01. The zero-order valence-corrected chi connectivity index (χ0v) is 16.3. The van der Waals surface area contributed by atoms with Crippen LogP contribution in [0.3, 0.4) is 0 Å². The van der Waals surface area contributed by atoms with Crippen LogP contribution in [0.2, 0.25) is 30.8 Å². The van der Waals surface area contributed by atoms with E-state index in [-0.39, 0.29) is 0 Å². The summed E-state index contributed by atoms with van der Waals surface area (Å²) in [5, 5.41) is 0.491. The molecule has 0 bridgehead atoms. The largest absolute Gasteiger partial charge is 0.361 e. The maximum Gasteiger partial charge on any atom is 0.163 e. The Balaban J connectivity index is 2.12. The molecule has 2 aromatic rings. The molecule has 0 N–H and O–H groups in total. The van der Waals surface area contributed by atoms with Crippen LogP contribution in [0, 0.1) is 3.70 Å². The van der Waals surface area contributed by atoms with E-state index in [1.54, 1.807) is 6.20 Å². The zero-order chi connectivity index (χ0) is 15.5. The number of ether oxygens (including phenoxy) is 1. The molecule has 2 heterocycles. The third-order valence-corrected chi connectivity index (χ3v) is 6.36. The van der Waals surface area contributed by atoms with E-state index < -0.39 is 8.07 Å². The lowest BCUT2D eigenvalue weighted by molar-refractivity contribution is 0.0867. The number of pyridine rings is 1. The number of aromatic nitrogens is 3. The molecule has 4 nitrogen and oxygen atoms in total. The molecule has 2 rings (SSSR count). The van der Waals surface area contributed by atoms with Gasteiger partial charge >= 0.3 is 0 Å². The SMILES string of the molecule is C[Si](C)(C)CCOCn1c(-c2ccccn2)nc(Cl)c1I. The van der Waals surface area contributed by atoms with Crippen molar-refractivity contribution in [1.29, 1.82) is 0 Å². The molecule has 21 heavy (non-hydrogen) atoms. The van der Waals surface area contributed by atoms with Gasteiger partial charge in [-0.1, -0.05) is 37.3 Å². The highest BCUT2D eigenvalue weighted by atomic mass is 127. The lowest BCUT2D eigenvalue weighted by Crippen LogP contribution is -2.22. The van der Waals surface area contributed by atoms with Gasteiger partial charge in [0.1, 0.15) is 16.1 Å². The standard InChI is InChI=1S/C14H19ClIN3OSi/c1-21(2,3)9-8-20-10-19-13(16)12(15)18-14(19)11-6-4-5-7-17-11/h4-7H,8-10H2,1-3H3. The van der Waals surface area contributed by atoms with Crippen molar-refractivity contribution in [2.75, 3.05) is 6.61 Å². The number of imidazole rings is 1. The molecule has 0 atom stereocenters. The van der Waals surface area contributed by atoms with E-state index in [0.717, 1.165) is 27.9 Å². The molecule has 0 unspecified atom stereocenters. The summed E-state index contributed by atoms with van der Waals surface area (Å²) in [4.78, 5) is 8.73. The number of hydrogen-bond donors (Lipinski definition) is 0. The Morgan fingerprint density at radius 2 is 2.10 bits per heavy atom. The number of hydrogen-bond acceptors (Lipinski definition) is 3. The van der Waals surface area contributed by atoms with Gasteiger partial charge < -0.3 is 4.74 Å². The summed E-state index contributed by atoms with van der Waals surface area (Å²) < 4.78 is 8.66. The van der Waals surface area contributed by atoms with Crippen LogP contribution in [0.1, 0.15) is 0 Å². The van der Waals surface area contributed by atoms with Crippen LogP contribution in [-0.2, 0) is 11.5 Å². The fourth-order valence-electron chi connectivity index (χ4n) is 1.75. The van der Waals surface area contributed by atoms with Crippen molar-refractivity contribution in [2.24, 2.45) is 0 Å². The first kappa shape index (κ1) is 16.9.